The van der Waals surface area contributed by atoms with Crippen LogP contribution in [0.5, 0.6) is 5.75 Å². The number of hydrogen-bond donors (Lipinski definition) is 2. The molecule has 0 unspecified atom stereocenters. The van der Waals surface area contributed by atoms with Gasteiger partial charge in [-0.1, -0.05) is 24.3 Å². The molecule has 4 aromatic rings. The van der Waals surface area contributed by atoms with Gasteiger partial charge < -0.3 is 10.1 Å². The van der Waals surface area contributed by atoms with E-state index in [-0.39, 0.29) is 21.2 Å². The van der Waals surface area contributed by atoms with Gasteiger partial charge in [0.15, 0.2) is 0 Å². The van der Waals surface area contributed by atoms with E-state index in [1.165, 1.54) is 62.0 Å². The van der Waals surface area contributed by atoms with E-state index in [1.54, 1.807) is 42.5 Å². The van der Waals surface area contributed by atoms with Crippen LogP contribution >= 0.6 is 0 Å². The molecule has 0 aliphatic rings. The Kier molecular flexibility index (Phi) is 8.17. The van der Waals surface area contributed by atoms with Crippen molar-refractivity contribution in [2.75, 3.05) is 28.0 Å². The highest BCUT2D eigenvalue weighted by Crippen LogP contribution is 2.28. The van der Waals surface area contributed by atoms with Gasteiger partial charge in [-0.15, -0.1) is 0 Å². The molecule has 202 valence electrons. The van der Waals surface area contributed by atoms with Crippen LogP contribution in [0.1, 0.15) is 5.56 Å². The molecule has 10 nitrogen and oxygen atoms in total. The molecule has 1 amide bonds. The van der Waals surface area contributed by atoms with Crippen molar-refractivity contribution in [2.24, 2.45) is 0 Å². The third-order valence-electron chi connectivity index (χ3n) is 5.60. The number of ether oxygens (including phenoxy) is 1. The quantitative estimate of drug-likeness (QED) is 0.296. The molecule has 0 fully saturated rings. The van der Waals surface area contributed by atoms with Gasteiger partial charge in [0.05, 0.1) is 34.5 Å². The standard InChI is InChI=1S/C27H26N4O6S2/c1-20-10-15-26(37-2)25(17-20)30-38(33,34)23-13-11-21(12-14-23)29-27(32)19-31(22-7-6-16-28-18-22)39(35,36)24-8-4-3-5-9-24/h3-18,30H,19H2,1-2H3,(H,29,32). The highest BCUT2D eigenvalue weighted by atomic mass is 32.2. The van der Waals surface area contributed by atoms with E-state index in [0.717, 1.165) is 9.87 Å². The van der Waals surface area contributed by atoms with Crippen molar-refractivity contribution >= 4 is 43.0 Å². The van der Waals surface area contributed by atoms with Crippen molar-refractivity contribution in [3.05, 3.63) is 103 Å². The van der Waals surface area contributed by atoms with Gasteiger partial charge in [0.2, 0.25) is 5.91 Å². The summed E-state index contributed by atoms with van der Waals surface area (Å²) >= 11 is 0. The van der Waals surface area contributed by atoms with Crippen LogP contribution in [0.25, 0.3) is 0 Å². The molecule has 0 saturated carbocycles. The van der Waals surface area contributed by atoms with Gasteiger partial charge in [0.25, 0.3) is 20.0 Å². The highest BCUT2D eigenvalue weighted by Gasteiger charge is 2.27. The molecule has 1 aromatic heterocycles. The summed E-state index contributed by atoms with van der Waals surface area (Å²) in [6.07, 6.45) is 2.85. The van der Waals surface area contributed by atoms with Crippen LogP contribution in [0.3, 0.4) is 0 Å². The minimum Gasteiger partial charge on any atom is -0.495 e. The summed E-state index contributed by atoms with van der Waals surface area (Å²) in [5, 5.41) is 2.62. The first-order valence-electron chi connectivity index (χ1n) is 11.7. The molecule has 3 aromatic carbocycles. The smallest absolute Gasteiger partial charge is 0.264 e. The fraction of sp³-hybridized carbons (Fsp3) is 0.111. The third-order valence-corrected chi connectivity index (χ3v) is 8.77. The maximum Gasteiger partial charge on any atom is 0.264 e. The zero-order valence-electron chi connectivity index (χ0n) is 21.1. The number of aromatic nitrogens is 1. The number of rotatable bonds is 10. The van der Waals surface area contributed by atoms with Crippen LogP contribution in [-0.4, -0.2) is 41.4 Å². The van der Waals surface area contributed by atoms with E-state index < -0.39 is 32.5 Å². The van der Waals surface area contributed by atoms with Crippen LogP contribution in [-0.2, 0) is 24.8 Å². The molecule has 0 radical (unpaired) electrons. The second-order valence-corrected chi connectivity index (χ2v) is 12.0. The molecule has 0 saturated heterocycles. The molecular formula is C27H26N4O6S2. The van der Waals surface area contributed by atoms with Crippen molar-refractivity contribution < 1.29 is 26.4 Å². The Bertz CT molecular complexity index is 1660. The van der Waals surface area contributed by atoms with Gasteiger partial charge in [-0.05, 0) is 73.2 Å². The van der Waals surface area contributed by atoms with Crippen molar-refractivity contribution in [2.45, 2.75) is 16.7 Å². The van der Waals surface area contributed by atoms with Gasteiger partial charge in [0, 0.05) is 11.9 Å². The molecule has 0 atom stereocenters. The second-order valence-electron chi connectivity index (χ2n) is 8.42. The topological polar surface area (TPSA) is 135 Å². The molecule has 1 heterocycles. The fourth-order valence-corrected chi connectivity index (χ4v) is 6.18. The maximum atomic E-state index is 13.3. The Hall–Kier alpha value is -4.42. The van der Waals surface area contributed by atoms with Crippen LogP contribution in [0.2, 0.25) is 0 Å². The predicted octanol–water partition coefficient (Wildman–Crippen LogP) is 4.03. The zero-order chi connectivity index (χ0) is 28.0. The molecule has 4 rings (SSSR count). The summed E-state index contributed by atoms with van der Waals surface area (Å²) in [7, 11) is -6.58. The summed E-state index contributed by atoms with van der Waals surface area (Å²) in [4.78, 5) is 16.9. The lowest BCUT2D eigenvalue weighted by Gasteiger charge is -2.23. The normalized spacial score (nSPS) is 11.4. The molecule has 0 bridgehead atoms. The Labute approximate surface area is 227 Å². The first-order chi connectivity index (χ1) is 18.6. The van der Waals surface area contributed by atoms with Gasteiger partial charge in [-0.2, -0.15) is 0 Å². The number of carbonyl (C=O) groups excluding carboxylic acids is 1. The lowest BCUT2D eigenvalue weighted by atomic mass is 10.2. The van der Waals surface area contributed by atoms with Gasteiger partial charge in [-0.25, -0.2) is 16.8 Å². The van der Waals surface area contributed by atoms with E-state index in [1.807, 2.05) is 6.92 Å². The maximum absolute atomic E-state index is 13.3. The molecule has 2 N–H and O–H groups in total. The third kappa shape index (κ3) is 6.54. The monoisotopic (exact) mass is 566 g/mol. The van der Waals surface area contributed by atoms with Crippen LogP contribution in [0.4, 0.5) is 17.1 Å². The van der Waals surface area contributed by atoms with Crippen LogP contribution in [0, 0.1) is 6.92 Å². The lowest BCUT2D eigenvalue weighted by Crippen LogP contribution is -2.38. The van der Waals surface area contributed by atoms with Crippen molar-refractivity contribution in [3.63, 3.8) is 0 Å². The summed E-state index contributed by atoms with van der Waals surface area (Å²) in [6.45, 7) is 1.30. The lowest BCUT2D eigenvalue weighted by molar-refractivity contribution is -0.114. The average molecular weight is 567 g/mol. The minimum absolute atomic E-state index is 0.0222. The Morgan fingerprint density at radius 2 is 1.62 bits per heavy atom. The summed E-state index contributed by atoms with van der Waals surface area (Å²) in [5.41, 5.74) is 1.65. The summed E-state index contributed by atoms with van der Waals surface area (Å²) in [5.74, 6) is -0.256. The number of sulfonamides is 2. The number of nitrogens with zero attached hydrogens (tertiary/aromatic N) is 2. The van der Waals surface area contributed by atoms with Crippen molar-refractivity contribution in [3.8, 4) is 5.75 Å². The number of methoxy groups -OCH3 is 1. The molecular weight excluding hydrogens is 540 g/mol. The largest absolute Gasteiger partial charge is 0.495 e. The van der Waals surface area contributed by atoms with Crippen LogP contribution < -0.4 is 19.1 Å². The minimum atomic E-state index is -4.07. The average Bonchev–Trinajstić information content (AvgIpc) is 2.93. The SMILES string of the molecule is COc1ccc(C)cc1NS(=O)(=O)c1ccc(NC(=O)CN(c2cccnc2)S(=O)(=O)c2ccccc2)cc1. The highest BCUT2D eigenvalue weighted by molar-refractivity contribution is 7.93. The van der Waals surface area contributed by atoms with E-state index >= 15 is 0 Å². The zero-order valence-corrected chi connectivity index (χ0v) is 22.7. The number of benzene rings is 3. The molecule has 0 aliphatic carbocycles. The van der Waals surface area contributed by atoms with Crippen molar-refractivity contribution in [1.29, 1.82) is 0 Å². The van der Waals surface area contributed by atoms with E-state index in [2.05, 4.69) is 15.0 Å². The van der Waals surface area contributed by atoms with Crippen LogP contribution in [0.15, 0.2) is 107 Å². The first kappa shape index (κ1) is 27.6. The number of amides is 1. The summed E-state index contributed by atoms with van der Waals surface area (Å²) in [6, 6.07) is 21.5. The fourth-order valence-electron chi connectivity index (χ4n) is 3.69. The number of pyridine rings is 1. The Morgan fingerprint density at radius 1 is 0.897 bits per heavy atom. The number of hydrogen-bond acceptors (Lipinski definition) is 7. The predicted molar refractivity (Wildman–Crippen MR) is 149 cm³/mol. The van der Waals surface area contributed by atoms with E-state index in [9.17, 15) is 21.6 Å². The first-order valence-corrected chi connectivity index (χ1v) is 14.6. The molecule has 12 heteroatoms. The molecule has 0 aliphatic heterocycles. The summed E-state index contributed by atoms with van der Waals surface area (Å²) < 4.78 is 61.2. The number of aryl methyl sites for hydroxylation is 1. The molecule has 39 heavy (non-hydrogen) atoms. The number of carbonyl (C=O) groups is 1. The number of nitrogens with one attached hydrogen (secondary N) is 2. The van der Waals surface area contributed by atoms with Crippen molar-refractivity contribution in [1.82, 2.24) is 4.98 Å². The Balaban J connectivity index is 1.51. The van der Waals surface area contributed by atoms with Gasteiger partial charge in [0.1, 0.15) is 12.3 Å². The number of anilines is 3. The van der Waals surface area contributed by atoms with E-state index in [4.69, 9.17) is 4.74 Å². The second kappa shape index (κ2) is 11.5. The van der Waals surface area contributed by atoms with Gasteiger partial charge >= 0.3 is 0 Å². The Morgan fingerprint density at radius 3 is 2.26 bits per heavy atom. The van der Waals surface area contributed by atoms with Gasteiger partial charge in [-0.3, -0.25) is 18.8 Å². The molecule has 0 spiro atoms. The van der Waals surface area contributed by atoms with E-state index in [0.29, 0.717) is 11.4 Å².